The van der Waals surface area contributed by atoms with E-state index in [4.69, 9.17) is 4.43 Å². The molecule has 0 unspecified atom stereocenters. The third-order valence-corrected chi connectivity index (χ3v) is 27.0. The minimum absolute atomic E-state index is 0.180. The number of aliphatic hydroxyl groups excluding tert-OH is 1. The van der Waals surface area contributed by atoms with Crippen molar-refractivity contribution in [3.63, 3.8) is 0 Å². The van der Waals surface area contributed by atoms with E-state index in [0.717, 1.165) is 6.61 Å². The Labute approximate surface area is 170 Å². The standard InChI is InChI=1S/C10H21O2Si.3C4H9.Sn/c1-10(2,3)13(4,5)12-9-7-6-8-11;3*1-3-4-2;/h6,11H,8-9H2,1-5H3;3*1,3-4H2,2H3;. The van der Waals surface area contributed by atoms with Gasteiger partial charge in [0.2, 0.25) is 0 Å². The van der Waals surface area contributed by atoms with E-state index in [2.05, 4.69) is 60.7 Å². The second-order valence-corrected chi connectivity index (χ2v) is 27.8. The summed E-state index contributed by atoms with van der Waals surface area (Å²) in [6, 6.07) is 0. The molecule has 0 aliphatic rings. The van der Waals surface area contributed by atoms with Crippen LogP contribution >= 0.6 is 0 Å². The van der Waals surface area contributed by atoms with Crippen molar-refractivity contribution in [2.45, 2.75) is 112 Å². The summed E-state index contributed by atoms with van der Waals surface area (Å²) in [5.41, 5.74) is 0. The molecule has 0 fully saturated rings. The normalized spacial score (nSPS) is 14.1. The van der Waals surface area contributed by atoms with Gasteiger partial charge in [-0.3, -0.25) is 0 Å². The molecule has 0 atom stereocenters. The van der Waals surface area contributed by atoms with Crippen LogP contribution in [0.2, 0.25) is 31.4 Å². The van der Waals surface area contributed by atoms with Crippen molar-refractivity contribution in [3.8, 4) is 0 Å². The van der Waals surface area contributed by atoms with Gasteiger partial charge in [-0.25, -0.2) is 0 Å². The Morgan fingerprint density at radius 1 is 0.923 bits per heavy atom. The maximum absolute atomic E-state index is 9.78. The van der Waals surface area contributed by atoms with E-state index in [1.165, 1.54) is 51.8 Å². The van der Waals surface area contributed by atoms with Crippen LogP contribution in [0, 0.1) is 0 Å². The van der Waals surface area contributed by atoms with Crippen molar-refractivity contribution in [2.75, 3.05) is 13.2 Å². The first-order chi connectivity index (χ1) is 12.1. The zero-order chi connectivity index (χ0) is 20.3. The molecule has 0 aliphatic carbocycles. The molecule has 156 valence electrons. The first-order valence-electron chi connectivity index (χ1n) is 11.0. The Kier molecular flexibility index (Phi) is 13.3. The van der Waals surface area contributed by atoms with E-state index in [0.29, 0.717) is 0 Å². The average molecular weight is 491 g/mol. The molecule has 0 heterocycles. The third-order valence-electron chi connectivity index (χ3n) is 6.44. The molecule has 0 spiro atoms. The summed E-state index contributed by atoms with van der Waals surface area (Å²) >= 11 is -2.48. The zero-order valence-electron chi connectivity index (χ0n) is 19.2. The quantitative estimate of drug-likeness (QED) is 0.258. The summed E-state index contributed by atoms with van der Waals surface area (Å²) in [5, 5.41) is 10.0. The van der Waals surface area contributed by atoms with Gasteiger partial charge in [0.05, 0.1) is 0 Å². The molecule has 2 nitrogen and oxygen atoms in total. The summed E-state index contributed by atoms with van der Waals surface area (Å²) in [6.07, 6.45) is 10.1. The third kappa shape index (κ3) is 8.79. The van der Waals surface area contributed by atoms with Gasteiger partial charge in [0.15, 0.2) is 0 Å². The van der Waals surface area contributed by atoms with Gasteiger partial charge in [-0.2, -0.15) is 0 Å². The van der Waals surface area contributed by atoms with Gasteiger partial charge in [0, 0.05) is 0 Å². The van der Waals surface area contributed by atoms with Gasteiger partial charge in [0.25, 0.3) is 0 Å². The molecule has 0 aromatic heterocycles. The van der Waals surface area contributed by atoms with Crippen LogP contribution in [0.3, 0.4) is 0 Å². The van der Waals surface area contributed by atoms with Gasteiger partial charge in [-0.15, -0.1) is 0 Å². The van der Waals surface area contributed by atoms with Crippen LogP contribution in [0.15, 0.2) is 9.67 Å². The van der Waals surface area contributed by atoms with E-state index in [1.54, 1.807) is 3.59 Å². The van der Waals surface area contributed by atoms with Crippen LogP contribution in [0.25, 0.3) is 0 Å². The van der Waals surface area contributed by atoms with Crippen LogP contribution in [-0.4, -0.2) is 45.0 Å². The van der Waals surface area contributed by atoms with Gasteiger partial charge < -0.3 is 0 Å². The average Bonchev–Trinajstić information content (AvgIpc) is 2.57. The predicted octanol–water partition coefficient (Wildman–Crippen LogP) is 7.32. The molecule has 4 heteroatoms. The number of rotatable bonds is 14. The first kappa shape index (κ1) is 26.7. The second kappa shape index (κ2) is 13.0. The van der Waals surface area contributed by atoms with Gasteiger partial charge in [-0.1, -0.05) is 0 Å². The first-order valence-corrected chi connectivity index (χ1v) is 21.4. The Bertz CT molecular complexity index is 378. The molecule has 26 heavy (non-hydrogen) atoms. The molecule has 0 aromatic rings. The summed E-state index contributed by atoms with van der Waals surface area (Å²) in [4.78, 5) is 0. The molecule has 0 radical (unpaired) electrons. The molecule has 0 saturated heterocycles. The summed E-state index contributed by atoms with van der Waals surface area (Å²) in [6.45, 7) is 19.6. The van der Waals surface area contributed by atoms with Crippen molar-refractivity contribution in [3.05, 3.63) is 9.67 Å². The number of aliphatic hydroxyl groups is 1. The Morgan fingerprint density at radius 3 is 1.65 bits per heavy atom. The van der Waals surface area contributed by atoms with Crippen LogP contribution < -0.4 is 0 Å². The summed E-state index contributed by atoms with van der Waals surface area (Å²) in [7, 11) is -1.76. The number of unbranched alkanes of at least 4 members (excludes halogenated alkanes) is 3. The second-order valence-electron chi connectivity index (χ2n) is 9.55. The summed E-state index contributed by atoms with van der Waals surface area (Å²) in [5.74, 6) is 0. The topological polar surface area (TPSA) is 29.5 Å². The van der Waals surface area contributed by atoms with Crippen molar-refractivity contribution in [1.82, 2.24) is 0 Å². The Morgan fingerprint density at radius 2 is 1.35 bits per heavy atom. The van der Waals surface area contributed by atoms with Crippen molar-refractivity contribution >= 4 is 26.7 Å². The molecule has 0 aliphatic heterocycles. The fourth-order valence-corrected chi connectivity index (χ4v) is 21.1. The van der Waals surface area contributed by atoms with E-state index < -0.39 is 26.7 Å². The maximum atomic E-state index is 9.78. The molecule has 1 N–H and O–H groups in total. The van der Waals surface area contributed by atoms with Crippen molar-refractivity contribution < 1.29 is 9.53 Å². The summed E-state index contributed by atoms with van der Waals surface area (Å²) < 4.78 is 12.6. The fraction of sp³-hybridized carbons (Fsp3) is 0.909. The molecule has 0 saturated carbocycles. The fourth-order valence-electron chi connectivity index (χ4n) is 3.42. The number of hydrogen-bond donors (Lipinski definition) is 1. The monoisotopic (exact) mass is 492 g/mol. The molecular formula is C22H48O2SiSn. The van der Waals surface area contributed by atoms with Gasteiger partial charge >= 0.3 is 171 Å². The van der Waals surface area contributed by atoms with E-state index in [1.807, 2.05) is 0 Å². The van der Waals surface area contributed by atoms with Gasteiger partial charge in [0.1, 0.15) is 0 Å². The van der Waals surface area contributed by atoms with Gasteiger partial charge in [-0.05, 0) is 0 Å². The predicted molar refractivity (Wildman–Crippen MR) is 123 cm³/mol. The minimum atomic E-state index is -2.48. The molecule has 0 amide bonds. The van der Waals surface area contributed by atoms with Crippen LogP contribution in [0.1, 0.15) is 80.1 Å². The van der Waals surface area contributed by atoms with E-state index in [9.17, 15) is 5.11 Å². The van der Waals surface area contributed by atoms with Crippen LogP contribution in [0.4, 0.5) is 0 Å². The molecule has 0 bridgehead atoms. The molecule has 0 aromatic carbocycles. The van der Waals surface area contributed by atoms with Crippen molar-refractivity contribution in [2.24, 2.45) is 0 Å². The van der Waals surface area contributed by atoms with Crippen LogP contribution in [-0.2, 0) is 4.43 Å². The number of hydrogen-bond acceptors (Lipinski definition) is 2. The zero-order valence-corrected chi connectivity index (χ0v) is 23.1. The Balaban J connectivity index is 5.62. The SMILES string of the molecule is CCC[CH2][Sn]([CH2]CCC)([CH2]CCC)/[C](=C\CO)CO[Si](C)(C)C(C)(C)C. The molecule has 0 rings (SSSR count). The molecular weight excluding hydrogens is 443 g/mol. The van der Waals surface area contributed by atoms with E-state index >= 15 is 0 Å². The van der Waals surface area contributed by atoms with Crippen molar-refractivity contribution in [1.29, 1.82) is 0 Å². The Hall–Kier alpha value is 0.676. The van der Waals surface area contributed by atoms with Crippen LogP contribution in [0.5, 0.6) is 0 Å². The van der Waals surface area contributed by atoms with E-state index in [-0.39, 0.29) is 11.6 Å².